The van der Waals surface area contributed by atoms with Crippen molar-refractivity contribution in [2.45, 2.75) is 13.0 Å². The molecule has 1 N–H and O–H groups in total. The van der Waals surface area contributed by atoms with Crippen LogP contribution < -0.4 is 10.5 Å². The lowest BCUT2D eigenvalue weighted by atomic mass is 10.2. The zero-order valence-corrected chi connectivity index (χ0v) is 9.36. The lowest BCUT2D eigenvalue weighted by Crippen LogP contribution is -2.39. The van der Waals surface area contributed by atoms with Crippen LogP contribution in [0.1, 0.15) is 6.92 Å². The van der Waals surface area contributed by atoms with Crippen molar-refractivity contribution >= 4 is 23.0 Å². The van der Waals surface area contributed by atoms with Gasteiger partial charge in [-0.2, -0.15) is 10.1 Å². The van der Waals surface area contributed by atoms with E-state index >= 15 is 0 Å². The Labute approximate surface area is 102 Å². The molecule has 1 amide bonds. The van der Waals surface area contributed by atoms with Gasteiger partial charge in [0.1, 0.15) is 6.04 Å². The Morgan fingerprint density at radius 3 is 2.44 bits per heavy atom. The molecule has 0 saturated carbocycles. The van der Waals surface area contributed by atoms with Crippen LogP contribution in [0, 0.1) is 15.3 Å². The number of nitro groups is 1. The molecule has 1 aliphatic heterocycles. The molecule has 8 heteroatoms. The first-order valence-corrected chi connectivity index (χ1v) is 5.06. The van der Waals surface area contributed by atoms with Gasteiger partial charge in [0.15, 0.2) is 0 Å². The quantitative estimate of drug-likeness (QED) is 0.628. The molecule has 0 spiro atoms. The number of rotatable bonds is 3. The van der Waals surface area contributed by atoms with Crippen LogP contribution in [0.2, 0.25) is 0 Å². The fourth-order valence-corrected chi connectivity index (χ4v) is 1.60. The van der Waals surface area contributed by atoms with E-state index in [0.29, 0.717) is 11.4 Å². The molecule has 1 atom stereocenters. The van der Waals surface area contributed by atoms with E-state index in [0.717, 1.165) is 5.01 Å². The monoisotopic (exact) mass is 249 g/mol. The number of hydrogen-bond donors (Lipinski definition) is 1. The summed E-state index contributed by atoms with van der Waals surface area (Å²) in [6.07, 6.45) is 0. The van der Waals surface area contributed by atoms with Gasteiger partial charge in [-0.15, -0.1) is 0 Å². The van der Waals surface area contributed by atoms with Crippen molar-refractivity contribution in [3.05, 3.63) is 39.6 Å². The molecule has 0 saturated heterocycles. The highest BCUT2D eigenvalue weighted by Crippen LogP contribution is 2.23. The van der Waals surface area contributed by atoms with E-state index in [1.165, 1.54) is 24.3 Å². The number of anilines is 1. The lowest BCUT2D eigenvalue weighted by Gasteiger charge is -2.17. The van der Waals surface area contributed by atoms with E-state index in [1.807, 2.05) is 0 Å². The molecule has 0 bridgehead atoms. The molecule has 0 radical (unpaired) electrons. The molecule has 18 heavy (non-hydrogen) atoms. The number of amides is 1. The predicted octanol–water partition coefficient (Wildman–Crippen LogP) is 0.773. The Balaban J connectivity index is 2.28. The number of hydrazone groups is 1. The molecular weight excluding hydrogens is 240 g/mol. The van der Waals surface area contributed by atoms with Gasteiger partial charge in [0.2, 0.25) is 0 Å². The number of nitro benzene ring substituents is 1. The van der Waals surface area contributed by atoms with Gasteiger partial charge in [-0.1, -0.05) is 0 Å². The third kappa shape index (κ3) is 1.94. The highest BCUT2D eigenvalue weighted by molar-refractivity contribution is 6.18. The zero-order chi connectivity index (χ0) is 13.3. The Kier molecular flexibility index (Phi) is 3.04. The second-order valence-corrected chi connectivity index (χ2v) is 3.72. The third-order valence-corrected chi connectivity index (χ3v) is 2.55. The third-order valence-electron chi connectivity index (χ3n) is 2.55. The summed E-state index contributed by atoms with van der Waals surface area (Å²) in [7, 11) is 0. The van der Waals surface area contributed by atoms with Crippen LogP contribution in [0.25, 0.3) is 0 Å². The van der Waals surface area contributed by atoms with E-state index in [1.54, 1.807) is 12.4 Å². The number of hydrogen-bond acceptors (Lipinski definition) is 6. The summed E-state index contributed by atoms with van der Waals surface area (Å²) in [5.41, 5.74) is 2.27. The van der Waals surface area contributed by atoms with E-state index in [-0.39, 0.29) is 5.69 Å². The van der Waals surface area contributed by atoms with E-state index < -0.39 is 16.9 Å². The molecule has 94 valence electrons. The summed E-state index contributed by atoms with van der Waals surface area (Å²) >= 11 is 0. The largest absolute Gasteiger partial charge is 0.787 e. The maximum atomic E-state index is 11.8. The van der Waals surface area contributed by atoms with Crippen molar-refractivity contribution in [2.75, 3.05) is 5.01 Å². The van der Waals surface area contributed by atoms with Crippen LogP contribution in [0.15, 0.2) is 29.4 Å². The fourth-order valence-electron chi connectivity index (χ4n) is 1.60. The molecule has 8 nitrogen and oxygen atoms in total. The summed E-state index contributed by atoms with van der Waals surface area (Å²) in [6, 6.07) is 4.36. The smallest absolute Gasteiger partial charge is 0.269 e. The molecule has 0 aliphatic carbocycles. The molecule has 1 aromatic rings. The molecule has 1 unspecified atom stereocenters. The molecule has 0 fully saturated rings. The number of hydroxylamine groups is 1. The minimum absolute atomic E-state index is 0.0791. The van der Waals surface area contributed by atoms with Crippen molar-refractivity contribution in [3.8, 4) is 0 Å². The van der Waals surface area contributed by atoms with Crippen LogP contribution in [0.4, 0.5) is 11.4 Å². The highest BCUT2D eigenvalue weighted by Gasteiger charge is 2.32. The molecule has 2 rings (SSSR count). The summed E-state index contributed by atoms with van der Waals surface area (Å²) in [5.74, 6) is -0.503. The first kappa shape index (κ1) is 12.1. The van der Waals surface area contributed by atoms with Gasteiger partial charge in [-0.05, 0) is 19.1 Å². The van der Waals surface area contributed by atoms with Crippen molar-refractivity contribution < 1.29 is 9.72 Å². The first-order chi connectivity index (χ1) is 8.54. The zero-order valence-electron chi connectivity index (χ0n) is 9.36. The number of nitrogens with one attached hydrogen (secondary N) is 1. The van der Waals surface area contributed by atoms with Crippen molar-refractivity contribution in [1.82, 2.24) is 5.48 Å². The van der Waals surface area contributed by atoms with Crippen LogP contribution in [0.3, 0.4) is 0 Å². The second kappa shape index (κ2) is 4.51. The summed E-state index contributed by atoms with van der Waals surface area (Å²) < 4.78 is 0. The Bertz CT molecular complexity index is 525. The van der Waals surface area contributed by atoms with Gasteiger partial charge in [0.25, 0.3) is 11.6 Å². The van der Waals surface area contributed by atoms with E-state index in [9.17, 15) is 20.1 Å². The minimum Gasteiger partial charge on any atom is -0.787 e. The van der Waals surface area contributed by atoms with Gasteiger partial charge >= 0.3 is 0 Å². The molecule has 1 heterocycles. The van der Waals surface area contributed by atoms with Crippen molar-refractivity contribution in [2.24, 2.45) is 5.10 Å². The SMILES string of the molecule is CC1=NN(c2ccc([N+](=O)[O-])cc2)C(=O)C1N[O-]. The maximum Gasteiger partial charge on any atom is 0.269 e. The topological polar surface area (TPSA) is 111 Å². The number of nitrogens with zero attached hydrogens (tertiary/aromatic N) is 3. The highest BCUT2D eigenvalue weighted by atomic mass is 16.6. The second-order valence-electron chi connectivity index (χ2n) is 3.72. The van der Waals surface area contributed by atoms with Crippen LogP contribution in [-0.2, 0) is 4.79 Å². The first-order valence-electron chi connectivity index (χ1n) is 5.06. The summed E-state index contributed by atoms with van der Waals surface area (Å²) in [5, 5.41) is 26.1. The molecule has 1 aliphatic rings. The van der Waals surface area contributed by atoms with Gasteiger partial charge in [-0.3, -0.25) is 14.9 Å². The molecule has 0 aromatic heterocycles. The van der Waals surface area contributed by atoms with E-state index in [2.05, 4.69) is 5.10 Å². The standard InChI is InChI=1S/C10H9N4O4/c1-6-9(12-16)10(15)13(11-6)7-2-4-8(5-3-7)14(17)18/h2-5,9,12H,1H3/q-1. The minimum atomic E-state index is -0.986. The van der Waals surface area contributed by atoms with Crippen LogP contribution >= 0.6 is 0 Å². The fraction of sp³-hybridized carbons (Fsp3) is 0.200. The van der Waals surface area contributed by atoms with Gasteiger partial charge in [-0.25, -0.2) is 0 Å². The predicted molar refractivity (Wildman–Crippen MR) is 64.0 cm³/mol. The number of carbonyl (C=O) groups is 1. The van der Waals surface area contributed by atoms with Crippen LogP contribution in [0.5, 0.6) is 0 Å². The Morgan fingerprint density at radius 1 is 1.39 bits per heavy atom. The van der Waals surface area contributed by atoms with Gasteiger partial charge in [0.05, 0.1) is 16.3 Å². The van der Waals surface area contributed by atoms with Crippen molar-refractivity contribution in [1.29, 1.82) is 0 Å². The average molecular weight is 249 g/mol. The van der Waals surface area contributed by atoms with Crippen LogP contribution in [-0.4, -0.2) is 22.6 Å². The van der Waals surface area contributed by atoms with E-state index in [4.69, 9.17) is 0 Å². The Hall–Kier alpha value is -2.32. The number of non-ortho nitro benzene ring substituents is 1. The average Bonchev–Trinajstić information content (AvgIpc) is 2.64. The Morgan fingerprint density at radius 2 is 2.00 bits per heavy atom. The maximum absolute atomic E-state index is 11.8. The van der Waals surface area contributed by atoms with Gasteiger partial charge < -0.3 is 10.7 Å². The normalized spacial score (nSPS) is 19.0. The summed E-state index contributed by atoms with van der Waals surface area (Å²) in [6.45, 7) is 1.55. The number of benzene rings is 1. The lowest BCUT2D eigenvalue weighted by molar-refractivity contribution is -0.384. The van der Waals surface area contributed by atoms with Crippen molar-refractivity contribution in [3.63, 3.8) is 0 Å². The number of carbonyl (C=O) groups excluding carboxylic acids is 1. The molecular formula is C10H9N4O4-. The molecule has 1 aromatic carbocycles. The van der Waals surface area contributed by atoms with Gasteiger partial charge in [0, 0.05) is 12.1 Å². The summed E-state index contributed by atoms with van der Waals surface area (Å²) in [4.78, 5) is 21.7.